The Morgan fingerprint density at radius 1 is 0.708 bits per heavy atom. The van der Waals surface area contributed by atoms with Crippen molar-refractivity contribution in [2.45, 2.75) is 135 Å². The van der Waals surface area contributed by atoms with E-state index in [1.165, 1.54) is 30.7 Å². The second kappa shape index (κ2) is 32.4. The summed E-state index contributed by atoms with van der Waals surface area (Å²) in [7, 11) is -1.38. The van der Waals surface area contributed by atoms with Crippen molar-refractivity contribution < 1.29 is 89.7 Å². The molecule has 1 aromatic heterocycles. The number of carbonyl (C=O) groups is 5. The minimum absolute atomic E-state index is 0.0260. The summed E-state index contributed by atoms with van der Waals surface area (Å²) < 4.78 is 97.8. The van der Waals surface area contributed by atoms with Gasteiger partial charge in [0.05, 0.1) is 53.9 Å². The molecule has 3 N–H and O–H groups in total. The van der Waals surface area contributed by atoms with E-state index in [2.05, 4.69) is 10.3 Å². The van der Waals surface area contributed by atoms with Gasteiger partial charge in [-0.3, -0.25) is 37.6 Å². The van der Waals surface area contributed by atoms with Crippen LogP contribution in [0.2, 0.25) is 0 Å². The minimum atomic E-state index is -4.49. The first-order chi connectivity index (χ1) is 42.6. The van der Waals surface area contributed by atoms with Gasteiger partial charge in [0, 0.05) is 58.0 Å². The molecular weight excluding hydrogens is 1180 g/mol. The van der Waals surface area contributed by atoms with Crippen LogP contribution in [0.4, 0.5) is 5.82 Å². The van der Waals surface area contributed by atoms with Crippen molar-refractivity contribution in [3.05, 3.63) is 154 Å². The van der Waals surface area contributed by atoms with Gasteiger partial charge in [-0.05, 0) is 74.7 Å². The number of Topliss-reactive ketones (excluding diaryl/α,β-unsaturated/α-hetero) is 1. The first kappa shape index (κ1) is 69.1. The van der Waals surface area contributed by atoms with Gasteiger partial charge in [0.2, 0.25) is 5.91 Å². The molecule has 0 aliphatic carbocycles. The number of nitrogens with zero attached hydrogens (tertiary/aromatic N) is 3. The number of nitrogens with two attached hydrogens (primary N) is 1. The molecule has 482 valence electrons. The number of ether oxygens (including phenoxy) is 11. The fourth-order valence-corrected chi connectivity index (χ4v) is 13.1. The molecule has 0 spiro atoms. The Bertz CT molecular complexity index is 3170. The lowest BCUT2D eigenvalue weighted by atomic mass is 9.79. The number of methoxy groups -OCH3 is 2. The van der Waals surface area contributed by atoms with E-state index in [0.29, 0.717) is 28.2 Å². The van der Waals surface area contributed by atoms with Crippen molar-refractivity contribution in [2.24, 2.45) is 0 Å². The summed E-state index contributed by atoms with van der Waals surface area (Å²) >= 11 is 0. The summed E-state index contributed by atoms with van der Waals surface area (Å²) in [5.41, 5.74) is 5.68. The molecule has 26 heteroatoms. The van der Waals surface area contributed by atoms with Crippen molar-refractivity contribution in [2.75, 3.05) is 66.2 Å². The fourth-order valence-electron chi connectivity index (χ4n) is 10.8. The number of carbonyl (C=O) groups excluding carboxylic acids is 5. The van der Waals surface area contributed by atoms with Crippen LogP contribution in [0.25, 0.3) is 0 Å². The van der Waals surface area contributed by atoms with Gasteiger partial charge in [-0.25, -0.2) is 14.0 Å². The second-order valence-corrected chi connectivity index (χ2v) is 23.3. The fraction of sp³-hybridized carbons (Fsp3) is 0.476. The van der Waals surface area contributed by atoms with E-state index in [1.807, 2.05) is 82.3 Å². The number of hydrogen-bond donors (Lipinski definition) is 2. The summed E-state index contributed by atoms with van der Waals surface area (Å²) in [6, 6.07) is 31.8. The molecule has 0 bridgehead atoms. The van der Waals surface area contributed by atoms with Crippen molar-refractivity contribution in [1.29, 1.82) is 0 Å². The smallest absolute Gasteiger partial charge is 0.409 e. The highest BCUT2D eigenvalue weighted by Gasteiger charge is 2.55. The second-order valence-electron chi connectivity index (χ2n) is 21.4. The molecule has 10 atom stereocenters. The number of ketones is 1. The molecule has 2 aliphatic heterocycles. The molecular formula is C63H80N5O20P. The van der Waals surface area contributed by atoms with Crippen LogP contribution in [-0.4, -0.2) is 165 Å². The largest absolute Gasteiger partial charge is 0.497 e. The van der Waals surface area contributed by atoms with Crippen LogP contribution >= 0.6 is 7.75 Å². The van der Waals surface area contributed by atoms with Gasteiger partial charge < -0.3 is 63.2 Å². The molecule has 2 saturated heterocycles. The van der Waals surface area contributed by atoms with E-state index in [4.69, 9.17) is 66.9 Å². The molecule has 0 saturated carbocycles. The zero-order valence-corrected chi connectivity index (χ0v) is 52.5. The quantitative estimate of drug-likeness (QED) is 0.0113. The summed E-state index contributed by atoms with van der Waals surface area (Å²) in [6.45, 7) is 11.2. The Labute approximate surface area is 517 Å². The van der Waals surface area contributed by atoms with Crippen LogP contribution in [0.15, 0.2) is 126 Å². The molecule has 2 aliphatic rings. The summed E-state index contributed by atoms with van der Waals surface area (Å²) in [6.07, 6.45) is -9.28. The molecule has 4 aromatic carbocycles. The maximum Gasteiger partial charge on any atom is 0.409 e. The number of amides is 1. The first-order valence-corrected chi connectivity index (χ1v) is 30.6. The highest BCUT2D eigenvalue weighted by molar-refractivity contribution is 7.51. The van der Waals surface area contributed by atoms with Gasteiger partial charge in [0.15, 0.2) is 30.4 Å². The van der Waals surface area contributed by atoms with Crippen LogP contribution in [0.1, 0.15) is 95.1 Å². The summed E-state index contributed by atoms with van der Waals surface area (Å²) in [4.78, 5) is 82.0. The number of aromatic nitrogens is 2. The molecule has 5 aromatic rings. The number of rotatable bonds is 32. The maximum absolute atomic E-state index is 16.0. The van der Waals surface area contributed by atoms with Gasteiger partial charge in [0.1, 0.15) is 60.1 Å². The predicted octanol–water partition coefficient (Wildman–Crippen LogP) is 6.73. The van der Waals surface area contributed by atoms with Crippen LogP contribution < -0.4 is 26.2 Å². The van der Waals surface area contributed by atoms with Crippen molar-refractivity contribution in [3.8, 4) is 11.5 Å². The Kier molecular flexibility index (Phi) is 25.1. The van der Waals surface area contributed by atoms with E-state index < -0.39 is 123 Å². The molecule has 0 radical (unpaired) electrons. The molecule has 7 rings (SSSR count). The lowest BCUT2D eigenvalue weighted by Crippen LogP contribution is -2.66. The van der Waals surface area contributed by atoms with Crippen molar-refractivity contribution in [1.82, 2.24) is 19.5 Å². The number of nitrogens with one attached hydrogen (secondary N) is 1. The van der Waals surface area contributed by atoms with Crippen molar-refractivity contribution >= 4 is 43.2 Å². The van der Waals surface area contributed by atoms with Crippen LogP contribution in [0, 0.1) is 0 Å². The van der Waals surface area contributed by atoms with Crippen molar-refractivity contribution in [3.63, 3.8) is 0 Å². The standard InChI is InChI=1S/C63H80N5O20P/c1-39(2)68(40(3)4)89(75,82-36-34-79-32-31-78-33-35-80-61-55(65-41(5)69)59(84-44(8)72)58(83-43(7)71)52(85-61)38-81-42(6)70)88-51-37-54(67-30-29-53(64)66-62(67)74)86-57(51)60(56(73)45-17-13-11-14-18-45)87-63(46-19-15-12-16-20-46,47-21-25-49(76-9)26-22-47)48-23-27-50(77-10)28-24-48/h11-30,39-40,51-52,54-55,57-61H,31-38H2,1-10H3,(H,65,69)(H2,64,66,74)/t51-,52+,54+,55+,57-,58-,59+,60?,61+,89?/m0/s1. The normalized spacial score (nSPS) is 21.2. The lowest BCUT2D eigenvalue weighted by molar-refractivity contribution is -0.279. The lowest BCUT2D eigenvalue weighted by Gasteiger charge is -2.44. The van der Waals surface area contributed by atoms with Gasteiger partial charge >= 0.3 is 31.3 Å². The molecule has 2 fully saturated rings. The molecule has 3 heterocycles. The molecule has 1 amide bonds. The van der Waals surface area contributed by atoms with E-state index in [1.54, 1.807) is 73.5 Å². The van der Waals surface area contributed by atoms with Crippen LogP contribution in [0.3, 0.4) is 0 Å². The van der Waals surface area contributed by atoms with Crippen LogP contribution in [-0.2, 0) is 81.0 Å². The Balaban J connectivity index is 1.15. The summed E-state index contributed by atoms with van der Waals surface area (Å²) in [5, 5.41) is 2.65. The van der Waals surface area contributed by atoms with E-state index in [-0.39, 0.29) is 57.4 Å². The number of esters is 3. The third kappa shape index (κ3) is 17.9. The van der Waals surface area contributed by atoms with Gasteiger partial charge in [-0.15, -0.1) is 0 Å². The Morgan fingerprint density at radius 2 is 1.25 bits per heavy atom. The SMILES string of the molecule is COc1ccc(C(OC(C(=O)c2ccccc2)[C@H]2O[C@@H](n3ccc(N)nc3=O)C[C@@H]2OP(=O)(OCCOCCOCCO[C@@H]2O[C@H](COC(C)=O)[C@H](OC(C)=O)[C@H](OC(C)=O)[C@H]2NC(C)=O)N(C(C)C)C(C)C)(c2ccccc2)c2ccc(OC)cc2)cc1. The molecule has 25 nitrogen and oxygen atoms in total. The topological polar surface area (TPSA) is 299 Å². The average Bonchev–Trinajstić information content (AvgIpc) is 1.72. The van der Waals surface area contributed by atoms with E-state index in [0.717, 1.165) is 13.8 Å². The molecule has 89 heavy (non-hydrogen) atoms. The minimum Gasteiger partial charge on any atom is -0.497 e. The van der Waals surface area contributed by atoms with E-state index in [9.17, 15) is 24.0 Å². The third-order valence-corrected chi connectivity index (χ3v) is 16.9. The monoisotopic (exact) mass is 1260 g/mol. The maximum atomic E-state index is 16.0. The number of hydrogen-bond acceptors (Lipinski definition) is 22. The predicted molar refractivity (Wildman–Crippen MR) is 322 cm³/mol. The zero-order valence-electron chi connectivity index (χ0n) is 51.6. The van der Waals surface area contributed by atoms with Gasteiger partial charge in [0.25, 0.3) is 0 Å². The van der Waals surface area contributed by atoms with E-state index >= 15 is 9.36 Å². The number of anilines is 1. The zero-order chi connectivity index (χ0) is 64.4. The molecule has 2 unspecified atom stereocenters. The van der Waals surface area contributed by atoms with Gasteiger partial charge in [-0.2, -0.15) is 4.98 Å². The average molecular weight is 1260 g/mol. The number of nitrogen functional groups attached to an aromatic ring is 1. The Morgan fingerprint density at radius 3 is 1.78 bits per heavy atom. The summed E-state index contributed by atoms with van der Waals surface area (Å²) in [5.74, 6) is -2.11. The van der Waals surface area contributed by atoms with Gasteiger partial charge in [-0.1, -0.05) is 84.9 Å². The third-order valence-electron chi connectivity index (χ3n) is 14.4. The Hall–Kier alpha value is -7.42. The highest BCUT2D eigenvalue weighted by atomic mass is 31.2. The first-order valence-electron chi connectivity index (χ1n) is 29.1. The highest BCUT2D eigenvalue weighted by Crippen LogP contribution is 2.58. The number of benzene rings is 4. The van der Waals surface area contributed by atoms with Crippen LogP contribution in [0.5, 0.6) is 11.5 Å².